The summed E-state index contributed by atoms with van der Waals surface area (Å²) in [7, 11) is 0. The average molecular weight is 225 g/mol. The van der Waals surface area contributed by atoms with Crippen molar-refractivity contribution >= 4 is 5.91 Å². The van der Waals surface area contributed by atoms with Crippen LogP contribution in [0.1, 0.15) is 32.6 Å². The summed E-state index contributed by atoms with van der Waals surface area (Å²) in [5.74, 6) is 0.367. The van der Waals surface area contributed by atoms with Gasteiger partial charge < -0.3 is 11.1 Å². The Morgan fingerprint density at radius 1 is 1.62 bits per heavy atom. The van der Waals surface area contributed by atoms with Gasteiger partial charge in [-0.05, 0) is 37.1 Å². The molecule has 0 aromatic heterocycles. The molecule has 0 radical (unpaired) electrons. The van der Waals surface area contributed by atoms with Crippen LogP contribution in [0.3, 0.4) is 0 Å². The zero-order valence-corrected chi connectivity index (χ0v) is 9.65. The Morgan fingerprint density at radius 3 is 2.75 bits per heavy atom. The highest BCUT2D eigenvalue weighted by molar-refractivity contribution is 5.84. The molecule has 0 heterocycles. The molecule has 0 bridgehead atoms. The number of rotatable bonds is 5. The highest BCUT2D eigenvalue weighted by Gasteiger charge is 2.38. The monoisotopic (exact) mass is 225 g/mol. The zero-order valence-electron chi connectivity index (χ0n) is 9.65. The lowest BCUT2D eigenvalue weighted by molar-refractivity contribution is -0.126. The van der Waals surface area contributed by atoms with Gasteiger partial charge in [0.25, 0.3) is 0 Å². The van der Waals surface area contributed by atoms with E-state index in [4.69, 9.17) is 11.3 Å². The van der Waals surface area contributed by atoms with Gasteiger partial charge >= 0.3 is 0 Å². The highest BCUT2D eigenvalue weighted by atomic mass is 16.1. The van der Waals surface area contributed by atoms with Gasteiger partial charge in [-0.15, -0.1) is 0 Å². The number of nitrogens with one attached hydrogen (secondary N) is 1. The van der Waals surface area contributed by atoms with Crippen molar-refractivity contribution in [1.29, 1.82) is 0 Å². The molecule has 0 aromatic rings. The van der Waals surface area contributed by atoms with Gasteiger partial charge in [-0.2, -0.15) is 0 Å². The summed E-state index contributed by atoms with van der Waals surface area (Å²) in [6.45, 7) is 3.04. The number of hydrogen-bond acceptors (Lipinski definition) is 3. The number of primary amides is 1. The Hall–Kier alpha value is -1.26. The van der Waals surface area contributed by atoms with Crippen molar-refractivity contribution in [2.45, 2.75) is 38.1 Å². The van der Waals surface area contributed by atoms with Gasteiger partial charge in [0.1, 0.15) is 0 Å². The van der Waals surface area contributed by atoms with Gasteiger partial charge in [0.05, 0.1) is 5.54 Å². The van der Waals surface area contributed by atoms with Crippen LogP contribution >= 0.6 is 0 Å². The molecule has 0 unspecified atom stereocenters. The van der Waals surface area contributed by atoms with Gasteiger partial charge in [0.2, 0.25) is 5.91 Å². The van der Waals surface area contributed by atoms with E-state index in [9.17, 15) is 4.79 Å². The minimum Gasteiger partial charge on any atom is -0.368 e. The second-order valence-electron chi connectivity index (χ2n) is 4.51. The Bertz CT molecular complexity index is 290. The number of carbonyl (C=O) groups excluding carboxylic acids is 1. The summed E-state index contributed by atoms with van der Waals surface area (Å²) < 4.78 is 0. The van der Waals surface area contributed by atoms with E-state index in [0.717, 1.165) is 25.7 Å². The number of azide groups is 1. The van der Waals surface area contributed by atoms with Crippen molar-refractivity contribution < 1.29 is 4.79 Å². The average Bonchev–Trinajstić information content (AvgIpc) is 2.27. The Kier molecular flexibility index (Phi) is 4.58. The molecule has 1 saturated carbocycles. The predicted molar refractivity (Wildman–Crippen MR) is 61.6 cm³/mol. The van der Waals surface area contributed by atoms with Crippen molar-refractivity contribution in [3.8, 4) is 0 Å². The first-order valence-electron chi connectivity index (χ1n) is 5.66. The molecule has 6 heteroatoms. The second-order valence-corrected chi connectivity index (χ2v) is 4.51. The van der Waals surface area contributed by atoms with Crippen LogP contribution in [-0.2, 0) is 4.79 Å². The summed E-state index contributed by atoms with van der Waals surface area (Å²) >= 11 is 0. The van der Waals surface area contributed by atoms with Crippen molar-refractivity contribution in [2.24, 2.45) is 16.8 Å². The standard InChI is InChI=1S/C10H19N5O/c1-8-2-4-10(5-3-8,9(11)16)13-6-7-14-15-12/h8,13H,2-7H2,1H3,(H2,11,16). The molecule has 1 rings (SSSR count). The van der Waals surface area contributed by atoms with Gasteiger partial charge in [0, 0.05) is 18.0 Å². The lowest BCUT2D eigenvalue weighted by Gasteiger charge is -2.37. The van der Waals surface area contributed by atoms with E-state index < -0.39 is 5.54 Å². The number of amides is 1. The number of nitrogens with two attached hydrogens (primary N) is 1. The van der Waals surface area contributed by atoms with Crippen LogP contribution in [-0.4, -0.2) is 24.5 Å². The summed E-state index contributed by atoms with van der Waals surface area (Å²) in [6, 6.07) is 0. The molecule has 90 valence electrons. The Balaban J connectivity index is 2.52. The van der Waals surface area contributed by atoms with Crippen molar-refractivity contribution in [2.75, 3.05) is 13.1 Å². The van der Waals surface area contributed by atoms with Gasteiger partial charge in [-0.1, -0.05) is 12.0 Å². The maximum Gasteiger partial charge on any atom is 0.237 e. The molecule has 0 saturated heterocycles. The van der Waals surface area contributed by atoms with E-state index in [2.05, 4.69) is 22.3 Å². The van der Waals surface area contributed by atoms with Crippen LogP contribution in [0.2, 0.25) is 0 Å². The van der Waals surface area contributed by atoms with Crippen LogP contribution in [0.5, 0.6) is 0 Å². The molecule has 3 N–H and O–H groups in total. The maximum absolute atomic E-state index is 11.5. The van der Waals surface area contributed by atoms with Gasteiger partial charge in [-0.25, -0.2) is 0 Å². The molecule has 1 aliphatic carbocycles. The third-order valence-electron chi connectivity index (χ3n) is 3.34. The molecular formula is C10H19N5O. The highest BCUT2D eigenvalue weighted by Crippen LogP contribution is 2.31. The first-order chi connectivity index (χ1) is 7.60. The van der Waals surface area contributed by atoms with E-state index in [0.29, 0.717) is 19.0 Å². The fourth-order valence-electron chi connectivity index (χ4n) is 2.16. The third kappa shape index (κ3) is 3.12. The van der Waals surface area contributed by atoms with E-state index in [1.165, 1.54) is 0 Å². The summed E-state index contributed by atoms with van der Waals surface area (Å²) in [6.07, 6.45) is 3.58. The van der Waals surface area contributed by atoms with E-state index in [1.54, 1.807) is 0 Å². The summed E-state index contributed by atoms with van der Waals surface area (Å²) in [5, 5.41) is 6.58. The van der Waals surface area contributed by atoms with Gasteiger partial charge in [0.15, 0.2) is 0 Å². The zero-order chi connectivity index (χ0) is 12.0. The molecule has 1 amide bonds. The van der Waals surface area contributed by atoms with Crippen molar-refractivity contribution in [3.05, 3.63) is 10.4 Å². The maximum atomic E-state index is 11.5. The van der Waals surface area contributed by atoms with Crippen LogP contribution in [0, 0.1) is 5.92 Å². The first kappa shape index (κ1) is 12.8. The first-order valence-corrected chi connectivity index (χ1v) is 5.66. The second kappa shape index (κ2) is 5.72. The van der Waals surface area contributed by atoms with Crippen molar-refractivity contribution in [3.63, 3.8) is 0 Å². The van der Waals surface area contributed by atoms with Crippen LogP contribution in [0.4, 0.5) is 0 Å². The topological polar surface area (TPSA) is 104 Å². The number of hydrogen-bond donors (Lipinski definition) is 2. The Morgan fingerprint density at radius 2 is 2.25 bits per heavy atom. The SMILES string of the molecule is CC1CCC(NCCN=[N+]=[N-])(C(N)=O)CC1. The fourth-order valence-corrected chi connectivity index (χ4v) is 2.16. The van der Waals surface area contributed by atoms with Crippen LogP contribution in [0.25, 0.3) is 10.4 Å². The molecule has 1 fully saturated rings. The molecule has 0 atom stereocenters. The minimum absolute atomic E-state index is 0.291. The molecule has 1 aliphatic rings. The molecule has 0 aliphatic heterocycles. The van der Waals surface area contributed by atoms with Crippen LogP contribution < -0.4 is 11.1 Å². The number of nitrogens with zero attached hydrogens (tertiary/aromatic N) is 3. The molecule has 0 spiro atoms. The summed E-state index contributed by atoms with van der Waals surface area (Å²) in [4.78, 5) is 14.2. The fraction of sp³-hybridized carbons (Fsp3) is 0.900. The summed E-state index contributed by atoms with van der Waals surface area (Å²) in [5.41, 5.74) is 13.0. The quantitative estimate of drug-likeness (QED) is 0.319. The largest absolute Gasteiger partial charge is 0.368 e. The van der Waals surface area contributed by atoms with Crippen molar-refractivity contribution in [1.82, 2.24) is 5.32 Å². The molecule has 6 nitrogen and oxygen atoms in total. The van der Waals surface area contributed by atoms with Crippen LogP contribution in [0.15, 0.2) is 5.11 Å². The van der Waals surface area contributed by atoms with E-state index >= 15 is 0 Å². The van der Waals surface area contributed by atoms with E-state index in [-0.39, 0.29) is 5.91 Å². The predicted octanol–water partition coefficient (Wildman–Crippen LogP) is 1.32. The molecule has 16 heavy (non-hydrogen) atoms. The normalized spacial score (nSPS) is 29.4. The molecule has 0 aromatic carbocycles. The third-order valence-corrected chi connectivity index (χ3v) is 3.34. The lowest BCUT2D eigenvalue weighted by Crippen LogP contribution is -2.57. The number of carbonyl (C=O) groups is 1. The smallest absolute Gasteiger partial charge is 0.237 e. The lowest BCUT2D eigenvalue weighted by atomic mass is 9.76. The van der Waals surface area contributed by atoms with E-state index in [1.807, 2.05) is 0 Å². The molecular weight excluding hydrogens is 206 g/mol. The Labute approximate surface area is 95.2 Å². The minimum atomic E-state index is -0.586. The van der Waals surface area contributed by atoms with Gasteiger partial charge in [-0.3, -0.25) is 4.79 Å².